The summed E-state index contributed by atoms with van der Waals surface area (Å²) in [7, 11) is 2.10. The van der Waals surface area contributed by atoms with Crippen LogP contribution in [0, 0.1) is 10.1 Å². The van der Waals surface area contributed by atoms with E-state index in [0.29, 0.717) is 12.4 Å². The predicted octanol–water partition coefficient (Wildman–Crippen LogP) is 5.74. The van der Waals surface area contributed by atoms with Crippen LogP contribution in [0.5, 0.6) is 5.75 Å². The Morgan fingerprint density at radius 1 is 1.12 bits per heavy atom. The van der Waals surface area contributed by atoms with E-state index in [1.807, 2.05) is 13.0 Å². The number of benzene rings is 3. The second kappa shape index (κ2) is 8.20. The van der Waals surface area contributed by atoms with Gasteiger partial charge in [-0.2, -0.15) is 0 Å². The van der Waals surface area contributed by atoms with Gasteiger partial charge in [0.15, 0.2) is 5.75 Å². The Hall–Kier alpha value is -3.51. The minimum Gasteiger partial charge on any atom is -0.487 e. The van der Waals surface area contributed by atoms with Crippen LogP contribution in [-0.4, -0.2) is 35.0 Å². The van der Waals surface area contributed by atoms with E-state index >= 15 is 0 Å². The van der Waals surface area contributed by atoms with Gasteiger partial charge in [-0.05, 0) is 60.0 Å². The van der Waals surface area contributed by atoms with Crippen molar-refractivity contribution < 1.29 is 9.66 Å². The molecule has 162 valence electrons. The summed E-state index contributed by atoms with van der Waals surface area (Å²) < 4.78 is 5.62. The van der Waals surface area contributed by atoms with Gasteiger partial charge in [0, 0.05) is 30.1 Å². The zero-order valence-electron chi connectivity index (χ0n) is 18.3. The van der Waals surface area contributed by atoms with Gasteiger partial charge in [-0.1, -0.05) is 37.3 Å². The number of likely N-dealkylation sites (N-methyl/N-ethyl adjacent to an activating group) is 1. The summed E-state index contributed by atoms with van der Waals surface area (Å²) in [5.74, 6) is 0.304. The number of fused-ring (bicyclic) bond motifs is 5. The first kappa shape index (κ1) is 20.4. The lowest BCUT2D eigenvalue weighted by Gasteiger charge is -2.28. The van der Waals surface area contributed by atoms with E-state index in [2.05, 4.69) is 48.3 Å². The maximum absolute atomic E-state index is 11.8. The monoisotopic (exact) mass is 427 g/mol. The summed E-state index contributed by atoms with van der Waals surface area (Å²) in [5.41, 5.74) is 4.93. The lowest BCUT2D eigenvalue weighted by molar-refractivity contribution is -0.385. The maximum atomic E-state index is 11.8. The number of nitro benzene ring substituents is 1. The number of nitro groups is 1. The average Bonchev–Trinajstić information content (AvgIpc) is 2.81. The number of hydrogen-bond donors (Lipinski definition) is 0. The normalized spacial score (nSPS) is 13.9. The first-order valence-electron chi connectivity index (χ1n) is 11.0. The number of hydrogen-bond acceptors (Lipinski definition) is 5. The number of aromatic nitrogens is 1. The lowest BCUT2D eigenvalue weighted by atomic mass is 9.89. The molecule has 0 unspecified atom stereocenters. The maximum Gasteiger partial charge on any atom is 0.311 e. The summed E-state index contributed by atoms with van der Waals surface area (Å²) in [6.45, 7) is 4.16. The molecule has 0 amide bonds. The predicted molar refractivity (Wildman–Crippen MR) is 127 cm³/mol. The Kier molecular flexibility index (Phi) is 5.23. The Morgan fingerprint density at radius 3 is 2.78 bits per heavy atom. The average molecular weight is 428 g/mol. The third-order valence-corrected chi connectivity index (χ3v) is 6.15. The number of pyridine rings is 1. The van der Waals surface area contributed by atoms with Crippen LogP contribution < -0.4 is 4.74 Å². The highest BCUT2D eigenvalue weighted by molar-refractivity contribution is 6.09. The SMILES string of the molecule is CCCOc1ccc(-c2nc3ccc4ccccc4c3c3c2CN(C)CC3)cc1[N+](=O)[O-]. The quantitative estimate of drug-likeness (QED) is 0.231. The molecule has 6 heteroatoms. The Bertz CT molecular complexity index is 1350. The Balaban J connectivity index is 1.76. The van der Waals surface area contributed by atoms with Crippen molar-refractivity contribution in [3.8, 4) is 17.0 Å². The largest absolute Gasteiger partial charge is 0.487 e. The van der Waals surface area contributed by atoms with E-state index in [9.17, 15) is 10.1 Å². The highest BCUT2D eigenvalue weighted by Crippen LogP contribution is 2.39. The van der Waals surface area contributed by atoms with Crippen LogP contribution in [0.15, 0.2) is 54.6 Å². The topological polar surface area (TPSA) is 68.5 Å². The second-order valence-electron chi connectivity index (χ2n) is 8.37. The highest BCUT2D eigenvalue weighted by Gasteiger charge is 2.25. The molecule has 3 aromatic carbocycles. The van der Waals surface area contributed by atoms with E-state index < -0.39 is 0 Å². The standard InChI is InChI=1S/C26H25N3O3/c1-3-14-32-24-11-9-18(15-23(24)29(30)31)26-21-16-28(2)13-12-20(21)25-19-7-5-4-6-17(19)8-10-22(25)27-26/h4-11,15H,3,12-14,16H2,1-2H3. The minimum absolute atomic E-state index is 0.0192. The van der Waals surface area contributed by atoms with Crippen LogP contribution in [0.3, 0.4) is 0 Å². The van der Waals surface area contributed by atoms with Gasteiger partial charge in [-0.25, -0.2) is 4.98 Å². The molecule has 0 aliphatic carbocycles. The van der Waals surface area contributed by atoms with Gasteiger partial charge in [0.2, 0.25) is 0 Å². The molecule has 4 aromatic rings. The van der Waals surface area contributed by atoms with Crippen LogP contribution in [0.2, 0.25) is 0 Å². The fourth-order valence-corrected chi connectivity index (χ4v) is 4.63. The molecule has 6 nitrogen and oxygen atoms in total. The van der Waals surface area contributed by atoms with E-state index in [1.54, 1.807) is 12.1 Å². The van der Waals surface area contributed by atoms with E-state index in [1.165, 1.54) is 21.7 Å². The van der Waals surface area contributed by atoms with Crippen molar-refractivity contribution >= 4 is 27.4 Å². The van der Waals surface area contributed by atoms with Crippen LogP contribution in [0.1, 0.15) is 24.5 Å². The molecular weight excluding hydrogens is 402 g/mol. The number of nitrogens with zero attached hydrogens (tertiary/aromatic N) is 3. The molecule has 32 heavy (non-hydrogen) atoms. The molecule has 0 saturated carbocycles. The molecule has 1 aliphatic heterocycles. The van der Waals surface area contributed by atoms with Crippen molar-refractivity contribution in [2.45, 2.75) is 26.3 Å². The van der Waals surface area contributed by atoms with Crippen LogP contribution in [0.4, 0.5) is 5.69 Å². The van der Waals surface area contributed by atoms with Crippen molar-refractivity contribution in [2.24, 2.45) is 0 Å². The molecule has 5 rings (SSSR count). The van der Waals surface area contributed by atoms with Gasteiger partial charge in [0.25, 0.3) is 0 Å². The van der Waals surface area contributed by atoms with Crippen LogP contribution in [0.25, 0.3) is 32.9 Å². The molecule has 0 fully saturated rings. The molecule has 0 radical (unpaired) electrons. The van der Waals surface area contributed by atoms with Crippen molar-refractivity contribution in [3.05, 3.63) is 75.8 Å². The van der Waals surface area contributed by atoms with E-state index in [-0.39, 0.29) is 10.6 Å². The summed E-state index contributed by atoms with van der Waals surface area (Å²) in [6, 6.07) is 17.8. The molecule has 1 aromatic heterocycles. The van der Waals surface area contributed by atoms with Crippen molar-refractivity contribution in [3.63, 3.8) is 0 Å². The van der Waals surface area contributed by atoms with Gasteiger partial charge in [0.05, 0.1) is 22.7 Å². The lowest BCUT2D eigenvalue weighted by Crippen LogP contribution is -2.27. The summed E-state index contributed by atoms with van der Waals surface area (Å²) in [6.07, 6.45) is 1.71. The van der Waals surface area contributed by atoms with Crippen LogP contribution in [-0.2, 0) is 13.0 Å². The van der Waals surface area contributed by atoms with Crippen LogP contribution >= 0.6 is 0 Å². The molecule has 0 bridgehead atoms. The third-order valence-electron chi connectivity index (χ3n) is 6.15. The molecule has 0 N–H and O–H groups in total. The zero-order valence-corrected chi connectivity index (χ0v) is 18.3. The fourth-order valence-electron chi connectivity index (χ4n) is 4.63. The van der Waals surface area contributed by atoms with Gasteiger partial charge >= 0.3 is 5.69 Å². The summed E-state index contributed by atoms with van der Waals surface area (Å²) >= 11 is 0. The van der Waals surface area contributed by atoms with E-state index in [4.69, 9.17) is 9.72 Å². The highest BCUT2D eigenvalue weighted by atomic mass is 16.6. The van der Waals surface area contributed by atoms with Gasteiger partial charge in [0.1, 0.15) is 0 Å². The Morgan fingerprint density at radius 2 is 1.97 bits per heavy atom. The molecule has 0 spiro atoms. The minimum atomic E-state index is -0.373. The van der Waals surface area contributed by atoms with Crippen molar-refractivity contribution in [2.75, 3.05) is 20.2 Å². The molecule has 1 aliphatic rings. The van der Waals surface area contributed by atoms with Crippen molar-refractivity contribution in [1.82, 2.24) is 9.88 Å². The van der Waals surface area contributed by atoms with E-state index in [0.717, 1.165) is 48.3 Å². The van der Waals surface area contributed by atoms with Gasteiger partial charge < -0.3 is 9.64 Å². The zero-order chi connectivity index (χ0) is 22.2. The molecule has 0 atom stereocenters. The van der Waals surface area contributed by atoms with Gasteiger partial charge in [-0.3, -0.25) is 10.1 Å². The second-order valence-corrected chi connectivity index (χ2v) is 8.37. The number of rotatable bonds is 5. The fraction of sp³-hybridized carbons (Fsp3) is 0.269. The summed E-state index contributed by atoms with van der Waals surface area (Å²) in [5, 5.41) is 15.4. The first-order valence-corrected chi connectivity index (χ1v) is 11.0. The number of ether oxygens (including phenoxy) is 1. The molecule has 2 heterocycles. The third kappa shape index (κ3) is 3.46. The summed E-state index contributed by atoms with van der Waals surface area (Å²) in [4.78, 5) is 18.7. The van der Waals surface area contributed by atoms with Gasteiger partial charge in [-0.15, -0.1) is 0 Å². The van der Waals surface area contributed by atoms with Crippen molar-refractivity contribution in [1.29, 1.82) is 0 Å². The smallest absolute Gasteiger partial charge is 0.311 e. The molecule has 0 saturated heterocycles. The molecular formula is C26H25N3O3. The Labute approximate surface area is 186 Å². The first-order chi connectivity index (χ1) is 15.6.